The van der Waals surface area contributed by atoms with Crippen LogP contribution in [0.5, 0.6) is 0 Å². The maximum absolute atomic E-state index is 10.7. The molecule has 0 spiro atoms. The molecule has 2 N–H and O–H groups in total. The Kier molecular flexibility index (Phi) is 4.06. The second-order valence-electron chi connectivity index (χ2n) is 3.64. The highest BCUT2D eigenvalue weighted by molar-refractivity contribution is 7.99. The van der Waals surface area contributed by atoms with Crippen LogP contribution >= 0.6 is 11.8 Å². The molecule has 0 saturated carbocycles. The van der Waals surface area contributed by atoms with Crippen LogP contribution in [0.4, 0.5) is 0 Å². The normalized spacial score (nSPS) is 27.1. The zero-order chi connectivity index (χ0) is 9.84. The highest BCUT2D eigenvalue weighted by Gasteiger charge is 2.23. The number of hydrogen-bond acceptors (Lipinski definition) is 3. The fourth-order valence-electron chi connectivity index (χ4n) is 1.40. The molecular formula is C9H17NO2S. The van der Waals surface area contributed by atoms with Crippen LogP contribution in [-0.4, -0.2) is 34.7 Å². The van der Waals surface area contributed by atoms with Gasteiger partial charge in [-0.15, -0.1) is 0 Å². The molecule has 0 aromatic heterocycles. The summed E-state index contributed by atoms with van der Waals surface area (Å²) >= 11 is 1.93. The Morgan fingerprint density at radius 3 is 2.77 bits per heavy atom. The van der Waals surface area contributed by atoms with E-state index in [2.05, 4.69) is 5.32 Å². The van der Waals surface area contributed by atoms with Crippen LogP contribution in [0, 0.1) is 5.92 Å². The summed E-state index contributed by atoms with van der Waals surface area (Å²) in [6.07, 6.45) is 1.17. The van der Waals surface area contributed by atoms with Gasteiger partial charge < -0.3 is 10.4 Å². The standard InChI is InChI=1S/C9H17NO2S/c1-6(9(11)12)7(2)10-8-3-4-13-5-8/h6-8,10H,3-5H2,1-2H3,(H,11,12). The van der Waals surface area contributed by atoms with Gasteiger partial charge in [0, 0.05) is 17.8 Å². The van der Waals surface area contributed by atoms with Crippen molar-refractivity contribution in [1.29, 1.82) is 0 Å². The van der Waals surface area contributed by atoms with Crippen molar-refractivity contribution in [3.8, 4) is 0 Å². The van der Waals surface area contributed by atoms with Crippen LogP contribution in [0.15, 0.2) is 0 Å². The average molecular weight is 203 g/mol. The smallest absolute Gasteiger partial charge is 0.307 e. The van der Waals surface area contributed by atoms with Crippen molar-refractivity contribution < 1.29 is 9.90 Å². The van der Waals surface area contributed by atoms with Crippen LogP contribution in [0.3, 0.4) is 0 Å². The van der Waals surface area contributed by atoms with Crippen LogP contribution in [0.2, 0.25) is 0 Å². The predicted octanol–water partition coefficient (Wildman–Crippen LogP) is 1.19. The van der Waals surface area contributed by atoms with Gasteiger partial charge in [0.2, 0.25) is 0 Å². The van der Waals surface area contributed by atoms with E-state index in [0.29, 0.717) is 6.04 Å². The van der Waals surface area contributed by atoms with E-state index in [1.165, 1.54) is 12.2 Å². The largest absolute Gasteiger partial charge is 0.481 e. The molecule has 4 heteroatoms. The van der Waals surface area contributed by atoms with Crippen molar-refractivity contribution in [3.05, 3.63) is 0 Å². The summed E-state index contributed by atoms with van der Waals surface area (Å²) < 4.78 is 0. The van der Waals surface area contributed by atoms with Gasteiger partial charge >= 0.3 is 5.97 Å². The zero-order valence-corrected chi connectivity index (χ0v) is 8.93. The van der Waals surface area contributed by atoms with E-state index < -0.39 is 5.97 Å². The van der Waals surface area contributed by atoms with Gasteiger partial charge in [-0.25, -0.2) is 0 Å². The minimum Gasteiger partial charge on any atom is -0.481 e. The Hall–Kier alpha value is -0.220. The second-order valence-corrected chi connectivity index (χ2v) is 4.79. The van der Waals surface area contributed by atoms with Crippen molar-refractivity contribution in [2.75, 3.05) is 11.5 Å². The number of hydrogen-bond donors (Lipinski definition) is 2. The molecule has 0 amide bonds. The molecule has 1 aliphatic heterocycles. The van der Waals surface area contributed by atoms with E-state index in [9.17, 15) is 4.79 Å². The van der Waals surface area contributed by atoms with Gasteiger partial charge in [0.15, 0.2) is 0 Å². The van der Waals surface area contributed by atoms with Gasteiger partial charge in [-0.05, 0) is 19.1 Å². The number of carboxylic acids is 1. The number of nitrogens with one attached hydrogen (secondary N) is 1. The average Bonchev–Trinajstić information content (AvgIpc) is 2.55. The quantitative estimate of drug-likeness (QED) is 0.720. The Bertz CT molecular complexity index is 180. The van der Waals surface area contributed by atoms with E-state index in [-0.39, 0.29) is 12.0 Å². The zero-order valence-electron chi connectivity index (χ0n) is 8.12. The van der Waals surface area contributed by atoms with Gasteiger partial charge in [-0.2, -0.15) is 11.8 Å². The first-order valence-corrected chi connectivity index (χ1v) is 5.83. The molecule has 0 aromatic carbocycles. The first-order chi connectivity index (χ1) is 6.11. The molecule has 1 aliphatic rings. The minimum atomic E-state index is -0.717. The molecule has 3 nitrogen and oxygen atoms in total. The maximum Gasteiger partial charge on any atom is 0.307 e. The maximum atomic E-state index is 10.7. The van der Waals surface area contributed by atoms with Crippen molar-refractivity contribution in [1.82, 2.24) is 5.32 Å². The van der Waals surface area contributed by atoms with Gasteiger partial charge in [-0.1, -0.05) is 6.92 Å². The SMILES string of the molecule is CC(NC1CCSC1)C(C)C(=O)O. The molecule has 13 heavy (non-hydrogen) atoms. The lowest BCUT2D eigenvalue weighted by atomic mass is 10.0. The lowest BCUT2D eigenvalue weighted by Gasteiger charge is -2.21. The number of aliphatic carboxylic acids is 1. The second kappa shape index (κ2) is 4.86. The molecule has 76 valence electrons. The van der Waals surface area contributed by atoms with Crippen LogP contribution in [0.25, 0.3) is 0 Å². The summed E-state index contributed by atoms with van der Waals surface area (Å²) in [6, 6.07) is 0.586. The van der Waals surface area contributed by atoms with Gasteiger partial charge in [-0.3, -0.25) is 4.79 Å². The Labute approximate surface area is 83.3 Å². The van der Waals surface area contributed by atoms with Crippen LogP contribution in [-0.2, 0) is 4.79 Å². The highest BCUT2D eigenvalue weighted by atomic mass is 32.2. The Balaban J connectivity index is 2.30. The van der Waals surface area contributed by atoms with E-state index >= 15 is 0 Å². The summed E-state index contributed by atoms with van der Waals surface area (Å²) in [7, 11) is 0. The van der Waals surface area contributed by atoms with Gasteiger partial charge in [0.05, 0.1) is 5.92 Å². The van der Waals surface area contributed by atoms with Crippen molar-refractivity contribution in [2.24, 2.45) is 5.92 Å². The monoisotopic (exact) mass is 203 g/mol. The Morgan fingerprint density at radius 2 is 2.31 bits per heavy atom. The van der Waals surface area contributed by atoms with Crippen molar-refractivity contribution in [2.45, 2.75) is 32.4 Å². The van der Waals surface area contributed by atoms with Crippen LogP contribution < -0.4 is 5.32 Å². The summed E-state index contributed by atoms with van der Waals surface area (Å²) in [5, 5.41) is 12.1. The van der Waals surface area contributed by atoms with E-state index in [4.69, 9.17) is 5.11 Å². The highest BCUT2D eigenvalue weighted by Crippen LogP contribution is 2.18. The fraction of sp³-hybridized carbons (Fsp3) is 0.889. The molecule has 1 rings (SSSR count). The predicted molar refractivity (Wildman–Crippen MR) is 55.1 cm³/mol. The molecule has 3 atom stereocenters. The van der Waals surface area contributed by atoms with Crippen molar-refractivity contribution in [3.63, 3.8) is 0 Å². The van der Waals surface area contributed by atoms with E-state index in [1.54, 1.807) is 6.92 Å². The molecule has 0 aromatic rings. The molecule has 1 heterocycles. The first kappa shape index (κ1) is 10.9. The third kappa shape index (κ3) is 3.19. The van der Waals surface area contributed by atoms with Gasteiger partial charge in [0.25, 0.3) is 0 Å². The third-order valence-corrected chi connectivity index (χ3v) is 3.73. The van der Waals surface area contributed by atoms with Crippen LogP contribution in [0.1, 0.15) is 20.3 Å². The molecule has 1 fully saturated rings. The molecule has 0 aliphatic carbocycles. The summed E-state index contributed by atoms with van der Waals surface area (Å²) in [5.41, 5.74) is 0. The molecule has 0 bridgehead atoms. The van der Waals surface area contributed by atoms with E-state index in [0.717, 1.165) is 5.75 Å². The third-order valence-electron chi connectivity index (χ3n) is 2.57. The number of carboxylic acid groups (broad SMARTS) is 1. The number of carbonyl (C=O) groups is 1. The number of rotatable bonds is 4. The molecular weight excluding hydrogens is 186 g/mol. The summed E-state index contributed by atoms with van der Waals surface area (Å²) in [4.78, 5) is 10.7. The lowest BCUT2D eigenvalue weighted by molar-refractivity contribution is -0.142. The molecule has 0 radical (unpaired) electrons. The fourth-order valence-corrected chi connectivity index (χ4v) is 2.56. The molecule has 1 saturated heterocycles. The Morgan fingerprint density at radius 1 is 1.62 bits per heavy atom. The minimum absolute atomic E-state index is 0.0706. The first-order valence-electron chi connectivity index (χ1n) is 4.68. The summed E-state index contributed by atoms with van der Waals surface area (Å²) in [6.45, 7) is 3.70. The van der Waals surface area contributed by atoms with Gasteiger partial charge in [0.1, 0.15) is 0 Å². The topological polar surface area (TPSA) is 49.3 Å². The lowest BCUT2D eigenvalue weighted by Crippen LogP contribution is -2.42. The number of thioether (sulfide) groups is 1. The van der Waals surface area contributed by atoms with E-state index in [1.807, 2.05) is 18.7 Å². The summed E-state index contributed by atoms with van der Waals surface area (Å²) in [5.74, 6) is 1.30. The molecule has 3 unspecified atom stereocenters. The van der Waals surface area contributed by atoms with Crippen molar-refractivity contribution >= 4 is 17.7 Å².